The third-order valence-corrected chi connectivity index (χ3v) is 9.98. The van der Waals surface area contributed by atoms with E-state index in [-0.39, 0.29) is 18.9 Å². The van der Waals surface area contributed by atoms with Crippen LogP contribution in [0.15, 0.2) is 0 Å². The summed E-state index contributed by atoms with van der Waals surface area (Å²) in [6.45, 7) is 5.86. The molecular weight excluding hydrogens is 626 g/mol. The third-order valence-electron chi connectivity index (χ3n) is 9.98. The molecular formula is C39H77NO9. The Morgan fingerprint density at radius 1 is 0.673 bits per heavy atom. The van der Waals surface area contributed by atoms with Crippen LogP contribution in [0, 0.1) is 5.92 Å². The first kappa shape index (κ1) is 46.2. The summed E-state index contributed by atoms with van der Waals surface area (Å²) in [5.41, 5.74) is 0. The molecule has 0 saturated carbocycles. The minimum atomic E-state index is -1.60. The largest absolute Gasteiger partial charge is 0.394 e. The topological polar surface area (TPSA) is 169 Å². The van der Waals surface area contributed by atoms with Gasteiger partial charge in [0.25, 0.3) is 0 Å². The lowest BCUT2D eigenvalue weighted by atomic mass is 9.98. The van der Waals surface area contributed by atoms with Crippen molar-refractivity contribution >= 4 is 5.91 Å². The fraction of sp³-hybridized carbons (Fsp3) is 0.974. The summed E-state index contributed by atoms with van der Waals surface area (Å²) in [6, 6.07) is -0.984. The number of aliphatic hydroxyl groups is 6. The molecule has 1 fully saturated rings. The van der Waals surface area contributed by atoms with E-state index in [0.29, 0.717) is 6.42 Å². The van der Waals surface area contributed by atoms with E-state index >= 15 is 0 Å². The average Bonchev–Trinajstić information content (AvgIpc) is 3.08. The maximum Gasteiger partial charge on any atom is 0.220 e. The maximum atomic E-state index is 12.9. The van der Waals surface area contributed by atoms with Gasteiger partial charge in [-0.3, -0.25) is 4.79 Å². The maximum absolute atomic E-state index is 12.9. The second-order valence-corrected chi connectivity index (χ2v) is 15.1. The molecule has 8 atom stereocenters. The van der Waals surface area contributed by atoms with E-state index in [4.69, 9.17) is 9.47 Å². The van der Waals surface area contributed by atoms with Gasteiger partial charge >= 0.3 is 0 Å². The normalized spacial score (nSPS) is 23.1. The van der Waals surface area contributed by atoms with Crippen LogP contribution in [0.4, 0.5) is 0 Å². The van der Waals surface area contributed by atoms with E-state index in [1.54, 1.807) is 0 Å². The molecule has 10 nitrogen and oxygen atoms in total. The molecule has 10 heteroatoms. The van der Waals surface area contributed by atoms with Crippen LogP contribution in [-0.2, 0) is 14.3 Å². The highest BCUT2D eigenvalue weighted by Gasteiger charge is 2.44. The van der Waals surface area contributed by atoms with E-state index in [0.717, 1.165) is 57.3 Å². The van der Waals surface area contributed by atoms with Gasteiger partial charge in [0.2, 0.25) is 5.91 Å². The van der Waals surface area contributed by atoms with Gasteiger partial charge in [-0.25, -0.2) is 0 Å². The molecule has 0 spiro atoms. The quantitative estimate of drug-likeness (QED) is 0.0413. The summed E-state index contributed by atoms with van der Waals surface area (Å²) >= 11 is 0. The second-order valence-electron chi connectivity index (χ2n) is 15.1. The van der Waals surface area contributed by atoms with Gasteiger partial charge in [0.1, 0.15) is 30.5 Å². The van der Waals surface area contributed by atoms with Gasteiger partial charge in [-0.2, -0.15) is 0 Å². The van der Waals surface area contributed by atoms with Crippen LogP contribution in [0.25, 0.3) is 0 Å². The van der Waals surface area contributed by atoms with Crippen molar-refractivity contribution in [1.29, 1.82) is 0 Å². The van der Waals surface area contributed by atoms with Crippen LogP contribution >= 0.6 is 0 Å². The third kappa shape index (κ3) is 22.0. The van der Waals surface area contributed by atoms with Crippen LogP contribution < -0.4 is 5.32 Å². The van der Waals surface area contributed by atoms with Crippen molar-refractivity contribution < 1.29 is 44.9 Å². The number of ether oxygens (including phenoxy) is 2. The average molecular weight is 704 g/mol. The molecule has 0 bridgehead atoms. The van der Waals surface area contributed by atoms with E-state index in [9.17, 15) is 35.4 Å². The summed E-state index contributed by atoms with van der Waals surface area (Å²) in [5, 5.41) is 64.8. The zero-order chi connectivity index (χ0) is 36.3. The summed E-state index contributed by atoms with van der Waals surface area (Å²) in [7, 11) is 0. The van der Waals surface area contributed by atoms with Crippen LogP contribution in [0.2, 0.25) is 0 Å². The highest BCUT2D eigenvalue weighted by molar-refractivity contribution is 5.76. The Morgan fingerprint density at radius 2 is 1.14 bits per heavy atom. The van der Waals surface area contributed by atoms with E-state index < -0.39 is 55.6 Å². The van der Waals surface area contributed by atoms with Crippen molar-refractivity contribution in [3.8, 4) is 0 Å². The summed E-state index contributed by atoms with van der Waals surface area (Å²) < 4.78 is 11.1. The number of nitrogens with one attached hydrogen (secondary N) is 1. The second kappa shape index (κ2) is 29.7. The van der Waals surface area contributed by atoms with Crippen molar-refractivity contribution in [2.45, 2.75) is 224 Å². The predicted octanol–water partition coefficient (Wildman–Crippen LogP) is 6.05. The van der Waals surface area contributed by atoms with Crippen molar-refractivity contribution in [2.75, 3.05) is 13.2 Å². The molecule has 0 aromatic heterocycles. The first-order valence-electron chi connectivity index (χ1n) is 20.2. The van der Waals surface area contributed by atoms with Gasteiger partial charge in [0, 0.05) is 6.42 Å². The first-order valence-corrected chi connectivity index (χ1v) is 20.2. The summed E-state index contributed by atoms with van der Waals surface area (Å²) in [5.74, 6) is 0.503. The molecule has 0 aromatic carbocycles. The van der Waals surface area contributed by atoms with Crippen LogP contribution in [0.5, 0.6) is 0 Å². The van der Waals surface area contributed by atoms with Crippen molar-refractivity contribution in [3.63, 3.8) is 0 Å². The molecule has 0 radical (unpaired) electrons. The van der Waals surface area contributed by atoms with E-state index in [2.05, 4.69) is 26.1 Å². The Kier molecular flexibility index (Phi) is 28.0. The minimum absolute atomic E-state index is 0.259. The molecule has 0 aliphatic carbocycles. The molecule has 8 unspecified atom stereocenters. The SMILES string of the molecule is CCCCCCCCCCCCCCCC(=O)NC(COC1OC(CO)C(O)C(O)C1O)C(O)C(O)CCCCCCCCCCC(C)C. The fourth-order valence-electron chi connectivity index (χ4n) is 6.62. The molecule has 1 aliphatic heterocycles. The monoisotopic (exact) mass is 704 g/mol. The highest BCUT2D eigenvalue weighted by Crippen LogP contribution is 2.23. The number of amides is 1. The smallest absolute Gasteiger partial charge is 0.220 e. The molecule has 1 saturated heterocycles. The lowest BCUT2D eigenvalue weighted by Gasteiger charge is -2.40. The summed E-state index contributed by atoms with van der Waals surface area (Å²) in [6.07, 6.45) is 17.0. The lowest BCUT2D eigenvalue weighted by molar-refractivity contribution is -0.303. The highest BCUT2D eigenvalue weighted by atomic mass is 16.7. The number of carbonyl (C=O) groups excluding carboxylic acids is 1. The molecule has 0 aromatic rings. The van der Waals surface area contributed by atoms with Crippen molar-refractivity contribution in [1.82, 2.24) is 5.32 Å². The number of unbranched alkanes of at least 4 members (excludes halogenated alkanes) is 19. The molecule has 7 N–H and O–H groups in total. The van der Waals surface area contributed by atoms with Gasteiger partial charge in [-0.05, 0) is 18.8 Å². The first-order chi connectivity index (χ1) is 23.6. The number of carbonyl (C=O) groups is 1. The van der Waals surface area contributed by atoms with Gasteiger partial charge in [0.15, 0.2) is 6.29 Å². The van der Waals surface area contributed by atoms with Crippen LogP contribution in [0.3, 0.4) is 0 Å². The van der Waals surface area contributed by atoms with Gasteiger partial charge in [0.05, 0.1) is 25.4 Å². The Morgan fingerprint density at radius 3 is 1.63 bits per heavy atom. The van der Waals surface area contributed by atoms with E-state index in [1.807, 2.05) is 0 Å². The number of hydrogen-bond acceptors (Lipinski definition) is 9. The molecule has 292 valence electrons. The predicted molar refractivity (Wildman–Crippen MR) is 195 cm³/mol. The standard InChI is InChI=1S/C39H77NO9/c1-4-5-6-7-8-9-10-11-12-13-18-21-24-27-34(43)40-31(29-48-39-38(47)37(46)36(45)33(28-41)49-39)35(44)32(42)26-23-20-17-15-14-16-19-22-25-30(2)3/h30-33,35-39,41-42,44-47H,4-29H2,1-3H3,(H,40,43). The Labute approximate surface area is 298 Å². The number of aliphatic hydroxyl groups excluding tert-OH is 6. The van der Waals surface area contributed by atoms with Crippen molar-refractivity contribution in [3.05, 3.63) is 0 Å². The Bertz CT molecular complexity index is 771. The zero-order valence-corrected chi connectivity index (χ0v) is 31.5. The Balaban J connectivity index is 2.48. The van der Waals surface area contributed by atoms with Crippen LogP contribution in [-0.4, -0.2) is 98.7 Å². The minimum Gasteiger partial charge on any atom is -0.394 e. The molecule has 1 amide bonds. The van der Waals surface area contributed by atoms with Gasteiger partial charge in [-0.15, -0.1) is 0 Å². The Hall–Kier alpha value is -0.850. The summed E-state index contributed by atoms with van der Waals surface area (Å²) in [4.78, 5) is 12.9. The lowest BCUT2D eigenvalue weighted by Crippen LogP contribution is -2.60. The molecule has 49 heavy (non-hydrogen) atoms. The zero-order valence-electron chi connectivity index (χ0n) is 31.5. The number of hydrogen-bond donors (Lipinski definition) is 7. The van der Waals surface area contributed by atoms with Gasteiger partial charge in [-0.1, -0.05) is 156 Å². The van der Waals surface area contributed by atoms with Crippen LogP contribution in [0.1, 0.15) is 175 Å². The number of rotatable bonds is 32. The molecule has 1 aliphatic rings. The molecule has 1 heterocycles. The fourth-order valence-corrected chi connectivity index (χ4v) is 6.62. The van der Waals surface area contributed by atoms with Gasteiger partial charge < -0.3 is 45.4 Å². The molecule has 1 rings (SSSR count). The van der Waals surface area contributed by atoms with Crippen molar-refractivity contribution in [2.24, 2.45) is 5.92 Å². The van der Waals surface area contributed by atoms with E-state index in [1.165, 1.54) is 89.9 Å².